The molecule has 2 aliphatic heterocycles. The summed E-state index contributed by atoms with van der Waals surface area (Å²) in [5, 5.41) is 4.74. The highest BCUT2D eigenvalue weighted by Crippen LogP contribution is 2.48. The second-order valence-corrected chi connectivity index (χ2v) is 10.3. The number of fused-ring (bicyclic) bond motifs is 2. The van der Waals surface area contributed by atoms with Crippen LogP contribution in [0.2, 0.25) is 15.2 Å². The maximum Gasteiger partial charge on any atom is 0.326 e. The number of carbonyl (C=O) groups excluding carboxylic acids is 1. The first-order valence-corrected chi connectivity index (χ1v) is 12.7. The van der Waals surface area contributed by atoms with Crippen molar-refractivity contribution in [2.24, 2.45) is 0 Å². The summed E-state index contributed by atoms with van der Waals surface area (Å²) in [5.41, 5.74) is 3.73. The number of urea groups is 1. The highest BCUT2D eigenvalue weighted by atomic mass is 35.5. The number of piperidine rings is 1. The summed E-state index contributed by atoms with van der Waals surface area (Å²) >= 11 is 18.4. The fourth-order valence-corrected chi connectivity index (χ4v) is 5.47. The Hall–Kier alpha value is -2.57. The molecule has 180 valence electrons. The lowest BCUT2D eigenvalue weighted by molar-refractivity contribution is 0.180. The van der Waals surface area contributed by atoms with E-state index in [-0.39, 0.29) is 11.4 Å². The van der Waals surface area contributed by atoms with Crippen LogP contribution in [-0.2, 0) is 5.41 Å². The van der Waals surface area contributed by atoms with Crippen LogP contribution < -0.4 is 10.2 Å². The Balaban J connectivity index is 1.28. The van der Waals surface area contributed by atoms with Gasteiger partial charge in [-0.1, -0.05) is 59.1 Å². The third-order valence-electron chi connectivity index (χ3n) is 6.86. The average Bonchev–Trinajstić information content (AvgIpc) is 3.15. The zero-order valence-corrected chi connectivity index (χ0v) is 21.3. The van der Waals surface area contributed by atoms with Gasteiger partial charge in [0.05, 0.1) is 0 Å². The van der Waals surface area contributed by atoms with E-state index in [0.29, 0.717) is 22.4 Å². The molecule has 35 heavy (non-hydrogen) atoms. The van der Waals surface area contributed by atoms with Gasteiger partial charge in [-0.15, -0.1) is 0 Å². The largest absolute Gasteiger partial charge is 0.326 e. The quantitative estimate of drug-likeness (QED) is 0.367. The normalized spacial score (nSPS) is 17.2. The van der Waals surface area contributed by atoms with Crippen LogP contribution >= 0.6 is 34.8 Å². The molecule has 0 atom stereocenters. The number of aromatic nitrogens is 1. The maximum absolute atomic E-state index is 13.3. The van der Waals surface area contributed by atoms with Gasteiger partial charge >= 0.3 is 6.03 Å². The van der Waals surface area contributed by atoms with Gasteiger partial charge in [-0.2, -0.15) is 0 Å². The van der Waals surface area contributed by atoms with E-state index in [1.54, 1.807) is 18.3 Å². The SMILES string of the molecule is O=C(Nc1ccnc(Cl)c1)N1CC2(CCN(C/C=C/c3ccc(Cl)cc3)CC2)c2cc(Cl)ccc21. The summed E-state index contributed by atoms with van der Waals surface area (Å²) in [6.07, 6.45) is 7.82. The predicted octanol–water partition coefficient (Wildman–Crippen LogP) is 7.14. The van der Waals surface area contributed by atoms with E-state index in [1.165, 1.54) is 0 Å². The molecule has 1 N–H and O–H groups in total. The summed E-state index contributed by atoms with van der Waals surface area (Å²) in [7, 11) is 0. The molecule has 0 bridgehead atoms. The third-order valence-corrected chi connectivity index (χ3v) is 7.56. The predicted molar refractivity (Wildman–Crippen MR) is 145 cm³/mol. The van der Waals surface area contributed by atoms with E-state index >= 15 is 0 Å². The molecule has 1 saturated heterocycles. The Morgan fingerprint density at radius 3 is 2.49 bits per heavy atom. The van der Waals surface area contributed by atoms with Crippen LogP contribution in [-0.4, -0.2) is 42.1 Å². The van der Waals surface area contributed by atoms with Crippen molar-refractivity contribution in [3.8, 4) is 0 Å². The monoisotopic (exact) mass is 526 g/mol. The fourth-order valence-electron chi connectivity index (χ4n) is 5.00. The van der Waals surface area contributed by atoms with Crippen LogP contribution in [0.3, 0.4) is 0 Å². The first-order valence-electron chi connectivity index (χ1n) is 11.6. The van der Waals surface area contributed by atoms with Gasteiger partial charge in [0.2, 0.25) is 0 Å². The minimum atomic E-state index is -0.180. The molecule has 1 aromatic heterocycles. The lowest BCUT2D eigenvalue weighted by atomic mass is 9.74. The minimum Gasteiger partial charge on any atom is -0.307 e. The second-order valence-electron chi connectivity index (χ2n) is 9.08. The van der Waals surface area contributed by atoms with E-state index in [2.05, 4.69) is 27.4 Å². The van der Waals surface area contributed by atoms with Gasteiger partial charge in [0, 0.05) is 46.1 Å². The van der Waals surface area contributed by atoms with E-state index in [0.717, 1.165) is 54.3 Å². The van der Waals surface area contributed by atoms with E-state index in [4.69, 9.17) is 34.8 Å². The zero-order chi connectivity index (χ0) is 24.4. The second kappa shape index (κ2) is 10.2. The molecular formula is C27H25Cl3N4O. The number of anilines is 2. The Morgan fingerprint density at radius 2 is 1.74 bits per heavy atom. The summed E-state index contributed by atoms with van der Waals surface area (Å²) in [6.45, 7) is 3.41. The van der Waals surface area contributed by atoms with Gasteiger partial charge in [-0.3, -0.25) is 9.80 Å². The number of rotatable bonds is 4. The van der Waals surface area contributed by atoms with Crippen molar-refractivity contribution in [3.63, 3.8) is 0 Å². The van der Waals surface area contributed by atoms with E-state index < -0.39 is 0 Å². The van der Waals surface area contributed by atoms with Gasteiger partial charge in [0.15, 0.2) is 0 Å². The van der Waals surface area contributed by atoms with Crippen molar-refractivity contribution in [1.82, 2.24) is 9.88 Å². The van der Waals surface area contributed by atoms with E-state index in [1.807, 2.05) is 47.4 Å². The zero-order valence-electron chi connectivity index (χ0n) is 19.1. The number of nitrogens with one attached hydrogen (secondary N) is 1. The van der Waals surface area contributed by atoms with Crippen LogP contribution in [0.4, 0.5) is 16.2 Å². The summed E-state index contributed by atoms with van der Waals surface area (Å²) < 4.78 is 0. The molecule has 8 heteroatoms. The number of halogens is 3. The molecule has 5 nitrogen and oxygen atoms in total. The van der Waals surface area contributed by atoms with Gasteiger partial charge in [0.25, 0.3) is 0 Å². The van der Waals surface area contributed by atoms with Gasteiger partial charge < -0.3 is 5.32 Å². The summed E-state index contributed by atoms with van der Waals surface area (Å²) in [4.78, 5) is 21.5. The molecule has 0 aliphatic carbocycles. The number of carbonyl (C=O) groups is 1. The molecule has 0 radical (unpaired) electrons. The van der Waals surface area contributed by atoms with Crippen molar-refractivity contribution in [2.75, 3.05) is 36.4 Å². The molecule has 2 aliphatic rings. The van der Waals surface area contributed by atoms with Crippen LogP contribution in [0.5, 0.6) is 0 Å². The Morgan fingerprint density at radius 1 is 1.00 bits per heavy atom. The lowest BCUT2D eigenvalue weighted by Crippen LogP contribution is -2.46. The average molecular weight is 528 g/mol. The molecule has 2 aromatic carbocycles. The number of amides is 2. The van der Waals surface area contributed by atoms with Gasteiger partial charge in [-0.05, 0) is 79.5 Å². The molecule has 0 unspecified atom stereocenters. The molecular weight excluding hydrogens is 503 g/mol. The number of pyridine rings is 1. The molecule has 5 rings (SSSR count). The van der Waals surface area contributed by atoms with Crippen molar-refractivity contribution >= 4 is 58.3 Å². The van der Waals surface area contributed by atoms with Gasteiger partial charge in [-0.25, -0.2) is 9.78 Å². The Labute approximate surface area is 220 Å². The lowest BCUT2D eigenvalue weighted by Gasteiger charge is -2.39. The van der Waals surface area contributed by atoms with Crippen molar-refractivity contribution in [2.45, 2.75) is 18.3 Å². The Kier molecular flexibility index (Phi) is 7.03. The minimum absolute atomic E-state index is 0.107. The summed E-state index contributed by atoms with van der Waals surface area (Å²) in [5.74, 6) is 0. The van der Waals surface area contributed by atoms with Gasteiger partial charge in [0.1, 0.15) is 5.15 Å². The van der Waals surface area contributed by atoms with E-state index in [9.17, 15) is 4.79 Å². The molecule has 3 aromatic rings. The molecule has 0 saturated carbocycles. The fraction of sp³-hybridized carbons (Fsp3) is 0.259. The highest BCUT2D eigenvalue weighted by Gasteiger charge is 2.46. The standard InChI is InChI=1S/C27H25Cl3N4O/c28-20-5-3-19(4-6-20)2-1-13-33-14-10-27(11-15-33)18-34(24-8-7-21(29)16-23(24)27)26(35)32-22-9-12-31-25(30)17-22/h1-9,12,16-17H,10-11,13-15,18H2,(H,31,32,35)/b2-1+. The first-order chi connectivity index (χ1) is 16.9. The molecule has 3 heterocycles. The smallest absolute Gasteiger partial charge is 0.307 e. The molecule has 1 fully saturated rings. The number of nitrogens with zero attached hydrogens (tertiary/aromatic N) is 3. The number of likely N-dealkylation sites (tertiary alicyclic amines) is 1. The van der Waals surface area contributed by atoms with Crippen LogP contribution in [0.15, 0.2) is 66.9 Å². The topological polar surface area (TPSA) is 48.5 Å². The highest BCUT2D eigenvalue weighted by molar-refractivity contribution is 6.31. The van der Waals surface area contributed by atoms with Crippen LogP contribution in [0.1, 0.15) is 24.0 Å². The number of hydrogen-bond donors (Lipinski definition) is 1. The molecule has 1 spiro atoms. The van der Waals surface area contributed by atoms with Crippen molar-refractivity contribution in [3.05, 3.63) is 93.2 Å². The Bertz CT molecular complexity index is 1250. The first kappa shape index (κ1) is 24.1. The van der Waals surface area contributed by atoms with Crippen molar-refractivity contribution in [1.29, 1.82) is 0 Å². The maximum atomic E-state index is 13.3. The number of hydrogen-bond acceptors (Lipinski definition) is 3. The van der Waals surface area contributed by atoms with Crippen molar-refractivity contribution < 1.29 is 4.79 Å². The van der Waals surface area contributed by atoms with Crippen LogP contribution in [0, 0.1) is 0 Å². The van der Waals surface area contributed by atoms with Crippen LogP contribution in [0.25, 0.3) is 6.08 Å². The third kappa shape index (κ3) is 5.34. The number of benzene rings is 2. The molecule has 2 amide bonds. The summed E-state index contributed by atoms with van der Waals surface area (Å²) in [6, 6.07) is 16.9.